The molecule has 84 valence electrons. The van der Waals surface area contributed by atoms with Crippen molar-refractivity contribution in [2.24, 2.45) is 0 Å². The summed E-state index contributed by atoms with van der Waals surface area (Å²) in [6.45, 7) is 1.87. The van der Waals surface area contributed by atoms with E-state index >= 15 is 0 Å². The van der Waals surface area contributed by atoms with Crippen LogP contribution in [0.15, 0.2) is 24.3 Å². The summed E-state index contributed by atoms with van der Waals surface area (Å²) >= 11 is 0. The number of aliphatic hydroxyl groups is 1. The van der Waals surface area contributed by atoms with Gasteiger partial charge in [-0.25, -0.2) is 0 Å². The van der Waals surface area contributed by atoms with E-state index in [2.05, 4.69) is 11.9 Å². The van der Waals surface area contributed by atoms with E-state index in [0.717, 1.165) is 25.1 Å². The van der Waals surface area contributed by atoms with Gasteiger partial charge in [0.1, 0.15) is 0 Å². The summed E-state index contributed by atoms with van der Waals surface area (Å²) in [5.74, 6) is 0. The van der Waals surface area contributed by atoms with E-state index in [4.69, 9.17) is 9.84 Å². The first-order valence-electron chi connectivity index (χ1n) is 5.18. The van der Waals surface area contributed by atoms with Crippen LogP contribution in [0.3, 0.4) is 0 Å². The zero-order valence-corrected chi connectivity index (χ0v) is 9.44. The molecule has 0 unspecified atom stereocenters. The molecule has 0 spiro atoms. The van der Waals surface area contributed by atoms with Gasteiger partial charge in [0.05, 0.1) is 6.61 Å². The van der Waals surface area contributed by atoms with Crippen LogP contribution in [0.25, 0.3) is 0 Å². The van der Waals surface area contributed by atoms with E-state index < -0.39 is 0 Å². The second kappa shape index (κ2) is 6.43. The Balaban J connectivity index is 2.46. The smallest absolute Gasteiger partial charge is 0.0681 e. The zero-order valence-electron chi connectivity index (χ0n) is 9.44. The number of benzene rings is 1. The van der Waals surface area contributed by atoms with Crippen molar-refractivity contribution in [3.63, 3.8) is 0 Å². The Morgan fingerprint density at radius 3 is 2.47 bits per heavy atom. The van der Waals surface area contributed by atoms with Gasteiger partial charge in [-0.3, -0.25) is 0 Å². The molecule has 0 amide bonds. The summed E-state index contributed by atoms with van der Waals surface area (Å²) in [6.07, 6.45) is 1.02. The molecular formula is C12H19NO2. The number of ether oxygens (including phenoxy) is 1. The highest BCUT2D eigenvalue weighted by Gasteiger charge is 1.99. The Kier molecular flexibility index (Phi) is 5.15. The molecule has 0 saturated heterocycles. The number of hydrogen-bond donors (Lipinski definition) is 1. The molecule has 0 bridgehead atoms. The van der Waals surface area contributed by atoms with Crippen molar-refractivity contribution in [3.05, 3.63) is 29.8 Å². The van der Waals surface area contributed by atoms with Gasteiger partial charge in [0.15, 0.2) is 0 Å². The number of rotatable bonds is 6. The first-order chi connectivity index (χ1) is 7.27. The van der Waals surface area contributed by atoms with E-state index in [-0.39, 0.29) is 6.61 Å². The Hall–Kier alpha value is -1.06. The van der Waals surface area contributed by atoms with Crippen molar-refractivity contribution in [1.29, 1.82) is 0 Å². The molecule has 3 heteroatoms. The van der Waals surface area contributed by atoms with Crippen LogP contribution in [0.5, 0.6) is 0 Å². The maximum absolute atomic E-state index is 8.91. The molecule has 1 rings (SSSR count). The summed E-state index contributed by atoms with van der Waals surface area (Å²) in [7, 11) is 3.78. The minimum absolute atomic E-state index is 0.105. The minimum atomic E-state index is 0.105. The van der Waals surface area contributed by atoms with Crippen molar-refractivity contribution in [2.45, 2.75) is 13.0 Å². The SMILES string of the molecule is COCCCN(C)c1ccc(CO)cc1. The number of aliphatic hydroxyl groups excluding tert-OH is 1. The molecule has 0 saturated carbocycles. The number of nitrogens with zero attached hydrogens (tertiary/aromatic N) is 1. The fourth-order valence-corrected chi connectivity index (χ4v) is 1.43. The van der Waals surface area contributed by atoms with Crippen LogP contribution in [0.2, 0.25) is 0 Å². The second-order valence-corrected chi connectivity index (χ2v) is 3.59. The van der Waals surface area contributed by atoms with Gasteiger partial charge in [-0.05, 0) is 24.1 Å². The highest BCUT2D eigenvalue weighted by molar-refractivity contribution is 5.46. The lowest BCUT2D eigenvalue weighted by atomic mass is 10.2. The molecule has 0 atom stereocenters. The molecule has 0 aliphatic carbocycles. The van der Waals surface area contributed by atoms with Crippen LogP contribution < -0.4 is 4.90 Å². The van der Waals surface area contributed by atoms with Gasteiger partial charge >= 0.3 is 0 Å². The van der Waals surface area contributed by atoms with Crippen molar-refractivity contribution >= 4 is 5.69 Å². The van der Waals surface area contributed by atoms with Crippen LogP contribution in [0.4, 0.5) is 5.69 Å². The predicted octanol–water partition coefficient (Wildman–Crippen LogP) is 1.65. The fourth-order valence-electron chi connectivity index (χ4n) is 1.43. The Morgan fingerprint density at radius 1 is 1.27 bits per heavy atom. The van der Waals surface area contributed by atoms with Gasteiger partial charge in [0, 0.05) is 33.0 Å². The summed E-state index contributed by atoms with van der Waals surface area (Å²) < 4.78 is 5.00. The predicted molar refractivity (Wildman–Crippen MR) is 62.1 cm³/mol. The average Bonchev–Trinajstić information content (AvgIpc) is 2.29. The topological polar surface area (TPSA) is 32.7 Å². The minimum Gasteiger partial charge on any atom is -0.392 e. The molecule has 0 radical (unpaired) electrons. The highest BCUT2D eigenvalue weighted by atomic mass is 16.5. The van der Waals surface area contributed by atoms with Gasteiger partial charge in [0.25, 0.3) is 0 Å². The molecule has 1 N–H and O–H groups in total. The van der Waals surface area contributed by atoms with E-state index in [1.165, 1.54) is 5.69 Å². The molecule has 0 aliphatic rings. The highest BCUT2D eigenvalue weighted by Crippen LogP contribution is 2.13. The lowest BCUT2D eigenvalue weighted by molar-refractivity contribution is 0.196. The Bertz CT molecular complexity index is 271. The third kappa shape index (κ3) is 3.90. The molecule has 3 nitrogen and oxygen atoms in total. The summed E-state index contributed by atoms with van der Waals surface area (Å²) in [6, 6.07) is 7.95. The summed E-state index contributed by atoms with van der Waals surface area (Å²) in [4.78, 5) is 2.18. The molecular weight excluding hydrogens is 190 g/mol. The molecule has 0 heterocycles. The lowest BCUT2D eigenvalue weighted by Crippen LogP contribution is -2.19. The van der Waals surface area contributed by atoms with Crippen molar-refractivity contribution in [3.8, 4) is 0 Å². The normalized spacial score (nSPS) is 10.3. The third-order valence-electron chi connectivity index (χ3n) is 2.40. The Labute approximate surface area is 91.3 Å². The maximum Gasteiger partial charge on any atom is 0.0681 e. The van der Waals surface area contributed by atoms with Gasteiger partial charge in [0.2, 0.25) is 0 Å². The van der Waals surface area contributed by atoms with Gasteiger partial charge in [-0.15, -0.1) is 0 Å². The quantitative estimate of drug-likeness (QED) is 0.723. The third-order valence-corrected chi connectivity index (χ3v) is 2.40. The van der Waals surface area contributed by atoms with Crippen LogP contribution in [0, 0.1) is 0 Å². The molecule has 15 heavy (non-hydrogen) atoms. The standard InChI is InChI=1S/C12H19NO2/c1-13(8-3-9-15-2)12-6-4-11(10-14)5-7-12/h4-7,14H,3,8-10H2,1-2H3. The van der Waals surface area contributed by atoms with Gasteiger partial charge in [-0.2, -0.15) is 0 Å². The van der Waals surface area contributed by atoms with Crippen molar-refractivity contribution in [1.82, 2.24) is 0 Å². The van der Waals surface area contributed by atoms with Crippen LogP contribution in [-0.2, 0) is 11.3 Å². The van der Waals surface area contributed by atoms with E-state index in [1.54, 1.807) is 7.11 Å². The van der Waals surface area contributed by atoms with Crippen LogP contribution in [-0.4, -0.2) is 32.4 Å². The molecule has 0 aromatic heterocycles. The number of hydrogen-bond acceptors (Lipinski definition) is 3. The van der Waals surface area contributed by atoms with Gasteiger partial charge < -0.3 is 14.7 Å². The molecule has 1 aromatic rings. The molecule has 0 aliphatic heterocycles. The zero-order chi connectivity index (χ0) is 11.1. The lowest BCUT2D eigenvalue weighted by Gasteiger charge is -2.19. The number of anilines is 1. The van der Waals surface area contributed by atoms with Crippen molar-refractivity contribution < 1.29 is 9.84 Å². The molecule has 1 aromatic carbocycles. The summed E-state index contributed by atoms with van der Waals surface area (Å²) in [5, 5.41) is 8.91. The largest absolute Gasteiger partial charge is 0.392 e. The van der Waals surface area contributed by atoms with Crippen molar-refractivity contribution in [2.75, 3.05) is 32.2 Å². The van der Waals surface area contributed by atoms with Crippen LogP contribution >= 0.6 is 0 Å². The van der Waals surface area contributed by atoms with E-state index in [9.17, 15) is 0 Å². The summed E-state index contributed by atoms with van der Waals surface area (Å²) in [5.41, 5.74) is 2.12. The monoisotopic (exact) mass is 209 g/mol. The van der Waals surface area contributed by atoms with Gasteiger partial charge in [-0.1, -0.05) is 12.1 Å². The Morgan fingerprint density at radius 2 is 1.93 bits per heavy atom. The fraction of sp³-hybridized carbons (Fsp3) is 0.500. The number of methoxy groups -OCH3 is 1. The van der Waals surface area contributed by atoms with E-state index in [1.807, 2.05) is 24.3 Å². The first kappa shape index (κ1) is 12.0. The average molecular weight is 209 g/mol. The first-order valence-corrected chi connectivity index (χ1v) is 5.18. The molecule has 0 fully saturated rings. The second-order valence-electron chi connectivity index (χ2n) is 3.59. The maximum atomic E-state index is 8.91. The van der Waals surface area contributed by atoms with Crippen LogP contribution in [0.1, 0.15) is 12.0 Å². The van der Waals surface area contributed by atoms with E-state index in [0.29, 0.717) is 0 Å².